The van der Waals surface area contributed by atoms with Crippen molar-refractivity contribution in [1.29, 1.82) is 0 Å². The number of rotatable bonds is 9. The van der Waals surface area contributed by atoms with Gasteiger partial charge in [0.25, 0.3) is 0 Å². The van der Waals surface area contributed by atoms with E-state index in [4.69, 9.17) is 9.47 Å². The first-order valence-corrected chi connectivity index (χ1v) is 11.2. The molecule has 0 radical (unpaired) electrons. The van der Waals surface area contributed by atoms with E-state index in [9.17, 15) is 13.6 Å². The second-order valence-electron chi connectivity index (χ2n) is 7.00. The number of nitrogens with zero attached hydrogens (tertiary/aromatic N) is 3. The molecule has 34 heavy (non-hydrogen) atoms. The van der Waals surface area contributed by atoms with Gasteiger partial charge in [0, 0.05) is 17.4 Å². The monoisotopic (exact) mass is 482 g/mol. The zero-order valence-electron chi connectivity index (χ0n) is 18.1. The summed E-state index contributed by atoms with van der Waals surface area (Å²) in [5.41, 5.74) is 0.979. The van der Waals surface area contributed by atoms with E-state index in [1.54, 1.807) is 35.9 Å². The topological polar surface area (TPSA) is 78.3 Å². The van der Waals surface area contributed by atoms with Gasteiger partial charge in [-0.25, -0.2) is 8.78 Å². The van der Waals surface area contributed by atoms with Crippen molar-refractivity contribution in [3.8, 4) is 17.2 Å². The molecule has 0 aliphatic heterocycles. The van der Waals surface area contributed by atoms with E-state index in [1.165, 1.54) is 6.07 Å². The van der Waals surface area contributed by atoms with Gasteiger partial charge in [-0.05, 0) is 48.5 Å². The number of ether oxygens (including phenoxy) is 2. The summed E-state index contributed by atoms with van der Waals surface area (Å²) in [6, 6.07) is 19.8. The Bertz CT molecular complexity index is 1270. The maximum Gasteiger partial charge on any atom is 0.234 e. The van der Waals surface area contributed by atoms with Crippen LogP contribution in [0.25, 0.3) is 5.69 Å². The number of hydrogen-bond acceptors (Lipinski definition) is 6. The van der Waals surface area contributed by atoms with Crippen LogP contribution >= 0.6 is 11.8 Å². The molecular weight excluding hydrogens is 462 g/mol. The minimum Gasteiger partial charge on any atom is -0.497 e. The number of carbonyl (C=O) groups is 1. The molecule has 0 saturated carbocycles. The lowest BCUT2D eigenvalue weighted by atomic mass is 10.3. The first kappa shape index (κ1) is 23.2. The van der Waals surface area contributed by atoms with Gasteiger partial charge in [0.1, 0.15) is 18.1 Å². The van der Waals surface area contributed by atoms with Crippen molar-refractivity contribution >= 4 is 23.4 Å². The molecule has 0 atom stereocenters. The van der Waals surface area contributed by atoms with Gasteiger partial charge in [-0.3, -0.25) is 9.36 Å². The van der Waals surface area contributed by atoms with E-state index >= 15 is 0 Å². The van der Waals surface area contributed by atoms with E-state index in [0.29, 0.717) is 16.7 Å². The van der Waals surface area contributed by atoms with Crippen LogP contribution < -0.4 is 14.8 Å². The maximum absolute atomic E-state index is 13.4. The highest BCUT2D eigenvalue weighted by Gasteiger charge is 2.17. The summed E-state index contributed by atoms with van der Waals surface area (Å²) in [4.78, 5) is 12.4. The van der Waals surface area contributed by atoms with Crippen LogP contribution in [0.2, 0.25) is 0 Å². The van der Waals surface area contributed by atoms with Gasteiger partial charge in [0.15, 0.2) is 22.6 Å². The maximum atomic E-state index is 13.4. The molecule has 3 aromatic carbocycles. The number of thioether (sulfide) groups is 1. The SMILES string of the molecule is COc1ccc(OCc2nnc(SCC(=O)Nc3ccc(F)c(F)c3)n2-c2ccccc2)cc1. The highest BCUT2D eigenvalue weighted by molar-refractivity contribution is 7.99. The number of benzene rings is 3. The Balaban J connectivity index is 1.47. The third kappa shape index (κ3) is 5.70. The largest absolute Gasteiger partial charge is 0.497 e. The zero-order valence-corrected chi connectivity index (χ0v) is 18.9. The summed E-state index contributed by atoms with van der Waals surface area (Å²) in [5.74, 6) is -0.504. The fourth-order valence-electron chi connectivity index (χ4n) is 3.04. The number of halogens is 2. The Morgan fingerprint density at radius 2 is 1.71 bits per heavy atom. The number of para-hydroxylation sites is 1. The number of methoxy groups -OCH3 is 1. The van der Waals surface area contributed by atoms with Crippen molar-refractivity contribution in [2.24, 2.45) is 0 Å². The number of carbonyl (C=O) groups excluding carboxylic acids is 1. The minimum absolute atomic E-state index is 0.0106. The lowest BCUT2D eigenvalue weighted by Crippen LogP contribution is -2.15. The lowest BCUT2D eigenvalue weighted by molar-refractivity contribution is -0.113. The number of hydrogen-bond donors (Lipinski definition) is 1. The Morgan fingerprint density at radius 1 is 0.971 bits per heavy atom. The van der Waals surface area contributed by atoms with Crippen molar-refractivity contribution in [1.82, 2.24) is 14.8 Å². The first-order valence-electron chi connectivity index (χ1n) is 10.2. The molecule has 10 heteroatoms. The van der Waals surface area contributed by atoms with Crippen LogP contribution in [0.5, 0.6) is 11.5 Å². The molecule has 174 valence electrons. The second-order valence-corrected chi connectivity index (χ2v) is 7.94. The third-order valence-electron chi connectivity index (χ3n) is 4.68. The predicted molar refractivity (Wildman–Crippen MR) is 124 cm³/mol. The van der Waals surface area contributed by atoms with E-state index in [2.05, 4.69) is 15.5 Å². The Morgan fingerprint density at radius 3 is 2.41 bits per heavy atom. The molecule has 0 unspecified atom stereocenters. The molecule has 1 amide bonds. The molecule has 4 rings (SSSR count). The summed E-state index contributed by atoms with van der Waals surface area (Å²) >= 11 is 1.16. The molecule has 0 spiro atoms. The van der Waals surface area contributed by atoms with Crippen LogP contribution in [0.1, 0.15) is 5.82 Å². The minimum atomic E-state index is -1.03. The van der Waals surface area contributed by atoms with E-state index in [1.807, 2.05) is 30.3 Å². The van der Waals surface area contributed by atoms with Crippen molar-refractivity contribution in [3.63, 3.8) is 0 Å². The normalized spacial score (nSPS) is 10.7. The standard InChI is InChI=1S/C24H20F2N4O3S/c1-32-18-8-10-19(11-9-18)33-14-22-28-29-24(30(22)17-5-3-2-4-6-17)34-15-23(31)27-16-7-12-20(25)21(26)13-16/h2-13H,14-15H2,1H3,(H,27,31). The van der Waals surface area contributed by atoms with Gasteiger partial charge in [-0.15, -0.1) is 10.2 Å². The summed E-state index contributed by atoms with van der Waals surface area (Å²) in [5, 5.41) is 11.5. The molecular formula is C24H20F2N4O3S. The Hall–Kier alpha value is -3.92. The fraction of sp³-hybridized carbons (Fsp3) is 0.125. The fourth-order valence-corrected chi connectivity index (χ4v) is 3.82. The molecule has 0 aliphatic carbocycles. The van der Waals surface area contributed by atoms with Gasteiger partial charge >= 0.3 is 0 Å². The molecule has 4 aromatic rings. The van der Waals surface area contributed by atoms with Gasteiger partial charge < -0.3 is 14.8 Å². The smallest absolute Gasteiger partial charge is 0.234 e. The second kappa shape index (κ2) is 10.8. The molecule has 0 fully saturated rings. The van der Waals surface area contributed by atoms with Crippen molar-refractivity contribution in [2.45, 2.75) is 11.8 Å². The van der Waals surface area contributed by atoms with Crippen LogP contribution in [0.15, 0.2) is 78.0 Å². The van der Waals surface area contributed by atoms with Crippen LogP contribution in [0.4, 0.5) is 14.5 Å². The lowest BCUT2D eigenvalue weighted by Gasteiger charge is -2.11. The highest BCUT2D eigenvalue weighted by Crippen LogP contribution is 2.24. The summed E-state index contributed by atoms with van der Waals surface area (Å²) in [6.07, 6.45) is 0. The van der Waals surface area contributed by atoms with E-state index < -0.39 is 17.5 Å². The summed E-state index contributed by atoms with van der Waals surface area (Å²) in [6.45, 7) is 0.149. The molecule has 1 N–H and O–H groups in total. The predicted octanol–water partition coefficient (Wildman–Crippen LogP) is 4.86. The highest BCUT2D eigenvalue weighted by atomic mass is 32.2. The Labute approximate surface area is 198 Å². The average Bonchev–Trinajstić information content (AvgIpc) is 3.27. The molecule has 1 aromatic heterocycles. The summed E-state index contributed by atoms with van der Waals surface area (Å²) in [7, 11) is 1.59. The molecule has 0 aliphatic rings. The summed E-state index contributed by atoms with van der Waals surface area (Å²) < 4.78 is 39.3. The number of anilines is 1. The van der Waals surface area contributed by atoms with Crippen LogP contribution in [-0.2, 0) is 11.4 Å². The van der Waals surface area contributed by atoms with Crippen molar-refractivity contribution < 1.29 is 23.0 Å². The van der Waals surface area contributed by atoms with E-state index in [0.717, 1.165) is 35.3 Å². The molecule has 0 bridgehead atoms. The quantitative estimate of drug-likeness (QED) is 0.343. The number of amides is 1. The van der Waals surface area contributed by atoms with Crippen LogP contribution in [0, 0.1) is 11.6 Å². The van der Waals surface area contributed by atoms with E-state index in [-0.39, 0.29) is 18.0 Å². The third-order valence-corrected chi connectivity index (χ3v) is 5.61. The van der Waals surface area contributed by atoms with Gasteiger partial charge in [-0.1, -0.05) is 30.0 Å². The van der Waals surface area contributed by atoms with Crippen LogP contribution in [0.3, 0.4) is 0 Å². The average molecular weight is 483 g/mol. The van der Waals surface area contributed by atoms with Crippen molar-refractivity contribution in [2.75, 3.05) is 18.2 Å². The zero-order chi connectivity index (χ0) is 23.9. The van der Waals surface area contributed by atoms with Gasteiger partial charge in [-0.2, -0.15) is 0 Å². The van der Waals surface area contributed by atoms with Gasteiger partial charge in [0.2, 0.25) is 5.91 Å². The molecule has 0 saturated heterocycles. The number of aromatic nitrogens is 3. The molecule has 7 nitrogen and oxygen atoms in total. The Kier molecular flexibility index (Phi) is 7.38. The number of nitrogens with one attached hydrogen (secondary N) is 1. The van der Waals surface area contributed by atoms with Crippen molar-refractivity contribution in [3.05, 3.63) is 90.3 Å². The molecule has 1 heterocycles. The van der Waals surface area contributed by atoms with Crippen LogP contribution in [-0.4, -0.2) is 33.5 Å². The van der Waals surface area contributed by atoms with Gasteiger partial charge in [0.05, 0.1) is 12.9 Å². The first-order chi connectivity index (χ1) is 16.5.